The van der Waals surface area contributed by atoms with Gasteiger partial charge in [-0.25, -0.2) is 0 Å². The number of imide groups is 1. The maximum atomic E-state index is 11.3. The molecule has 0 bridgehead atoms. The van der Waals surface area contributed by atoms with Gasteiger partial charge in [-0.05, 0) is 34.1 Å². The number of halogens is 2. The van der Waals surface area contributed by atoms with E-state index in [4.69, 9.17) is 11.6 Å². The van der Waals surface area contributed by atoms with Crippen LogP contribution in [0.25, 0.3) is 0 Å². The van der Waals surface area contributed by atoms with Crippen LogP contribution in [0.2, 0.25) is 5.02 Å². The van der Waals surface area contributed by atoms with Gasteiger partial charge in [-0.3, -0.25) is 14.9 Å². The molecule has 4 nitrogen and oxygen atoms in total. The fraction of sp³-hybridized carbons (Fsp3) is 0.200. The SMILES string of the molecule is O=C1CC(Nc2ccc(Br)c(Cl)c2)C(=O)N1. The number of benzene rings is 1. The Bertz CT molecular complexity index is 464. The van der Waals surface area contributed by atoms with Crippen molar-refractivity contribution in [1.29, 1.82) is 0 Å². The van der Waals surface area contributed by atoms with Gasteiger partial charge in [0.25, 0.3) is 0 Å². The molecular weight excluding hydrogens is 295 g/mol. The number of carbonyl (C=O) groups excluding carboxylic acids is 2. The summed E-state index contributed by atoms with van der Waals surface area (Å²) in [6.07, 6.45) is 0.159. The van der Waals surface area contributed by atoms with E-state index >= 15 is 0 Å². The molecule has 1 saturated heterocycles. The van der Waals surface area contributed by atoms with Crippen molar-refractivity contribution in [3.8, 4) is 0 Å². The van der Waals surface area contributed by atoms with Gasteiger partial charge in [0.15, 0.2) is 0 Å². The van der Waals surface area contributed by atoms with E-state index in [1.165, 1.54) is 0 Å². The number of amides is 2. The maximum Gasteiger partial charge on any atom is 0.249 e. The lowest BCUT2D eigenvalue weighted by molar-refractivity contribution is -0.124. The van der Waals surface area contributed by atoms with Crippen LogP contribution in [-0.4, -0.2) is 17.9 Å². The largest absolute Gasteiger partial charge is 0.373 e. The summed E-state index contributed by atoms with van der Waals surface area (Å²) in [6, 6.07) is 4.75. The number of anilines is 1. The van der Waals surface area contributed by atoms with Crippen LogP contribution >= 0.6 is 27.5 Å². The number of hydrogen-bond acceptors (Lipinski definition) is 3. The zero-order valence-corrected chi connectivity index (χ0v) is 10.4. The van der Waals surface area contributed by atoms with Crippen LogP contribution in [0.3, 0.4) is 0 Å². The third-order valence-corrected chi connectivity index (χ3v) is 3.46. The zero-order chi connectivity index (χ0) is 11.7. The Kier molecular flexibility index (Phi) is 3.16. The summed E-state index contributed by atoms with van der Waals surface area (Å²) in [5, 5.41) is 5.73. The Hall–Kier alpha value is -1.07. The number of nitrogens with one attached hydrogen (secondary N) is 2. The molecule has 1 aliphatic heterocycles. The van der Waals surface area contributed by atoms with E-state index in [1.807, 2.05) is 0 Å². The molecule has 0 spiro atoms. The molecule has 1 aromatic rings. The third-order valence-electron chi connectivity index (χ3n) is 2.23. The average Bonchev–Trinajstić information content (AvgIpc) is 2.51. The molecule has 1 heterocycles. The Morgan fingerprint density at radius 2 is 2.19 bits per heavy atom. The molecule has 1 unspecified atom stereocenters. The van der Waals surface area contributed by atoms with Crippen molar-refractivity contribution in [1.82, 2.24) is 5.32 Å². The Balaban J connectivity index is 2.12. The summed E-state index contributed by atoms with van der Waals surface area (Å²) in [5.74, 6) is -0.560. The minimum absolute atomic E-state index is 0.159. The van der Waals surface area contributed by atoms with E-state index in [2.05, 4.69) is 26.6 Å². The molecule has 16 heavy (non-hydrogen) atoms. The van der Waals surface area contributed by atoms with Crippen molar-refractivity contribution in [3.05, 3.63) is 27.7 Å². The lowest BCUT2D eigenvalue weighted by Crippen LogP contribution is -2.29. The van der Waals surface area contributed by atoms with Crippen LogP contribution in [0.15, 0.2) is 22.7 Å². The summed E-state index contributed by atoms with van der Waals surface area (Å²) < 4.78 is 0.784. The van der Waals surface area contributed by atoms with Crippen LogP contribution in [-0.2, 0) is 9.59 Å². The predicted octanol–water partition coefficient (Wildman–Crippen LogP) is 1.93. The van der Waals surface area contributed by atoms with Gasteiger partial charge in [0, 0.05) is 10.2 Å². The first-order valence-corrected chi connectivity index (χ1v) is 5.78. The molecule has 1 atom stereocenters. The van der Waals surface area contributed by atoms with Crippen molar-refractivity contribution < 1.29 is 9.59 Å². The highest BCUT2D eigenvalue weighted by Gasteiger charge is 2.30. The second kappa shape index (κ2) is 4.43. The molecule has 2 rings (SSSR count). The van der Waals surface area contributed by atoms with Crippen molar-refractivity contribution in [3.63, 3.8) is 0 Å². The molecule has 0 aromatic heterocycles. The second-order valence-corrected chi connectivity index (χ2v) is 4.70. The highest BCUT2D eigenvalue weighted by atomic mass is 79.9. The van der Waals surface area contributed by atoms with E-state index < -0.39 is 6.04 Å². The van der Waals surface area contributed by atoms with Crippen LogP contribution < -0.4 is 10.6 Å². The van der Waals surface area contributed by atoms with Gasteiger partial charge in [0.2, 0.25) is 11.8 Å². The summed E-state index contributed by atoms with van der Waals surface area (Å²) in [5.41, 5.74) is 0.711. The summed E-state index contributed by atoms with van der Waals surface area (Å²) >= 11 is 9.18. The fourth-order valence-corrected chi connectivity index (χ4v) is 1.88. The van der Waals surface area contributed by atoms with Gasteiger partial charge < -0.3 is 5.32 Å². The molecule has 0 radical (unpaired) electrons. The monoisotopic (exact) mass is 302 g/mol. The highest BCUT2D eigenvalue weighted by molar-refractivity contribution is 9.10. The molecule has 6 heteroatoms. The van der Waals surface area contributed by atoms with E-state index in [9.17, 15) is 9.59 Å². The number of rotatable bonds is 2. The Morgan fingerprint density at radius 3 is 2.75 bits per heavy atom. The first kappa shape index (κ1) is 11.4. The van der Waals surface area contributed by atoms with Crippen molar-refractivity contribution in [2.45, 2.75) is 12.5 Å². The smallest absolute Gasteiger partial charge is 0.249 e. The van der Waals surface area contributed by atoms with Gasteiger partial charge in [-0.15, -0.1) is 0 Å². The van der Waals surface area contributed by atoms with Gasteiger partial charge in [-0.2, -0.15) is 0 Å². The van der Waals surface area contributed by atoms with E-state index in [1.54, 1.807) is 18.2 Å². The predicted molar refractivity (Wildman–Crippen MR) is 64.3 cm³/mol. The molecule has 1 aromatic carbocycles. The number of hydrogen-bond donors (Lipinski definition) is 2. The Morgan fingerprint density at radius 1 is 1.44 bits per heavy atom. The minimum Gasteiger partial charge on any atom is -0.373 e. The molecular formula is C10H8BrClN2O2. The fourth-order valence-electron chi connectivity index (χ4n) is 1.46. The molecule has 1 aliphatic rings. The molecule has 0 saturated carbocycles. The van der Waals surface area contributed by atoms with Crippen LogP contribution in [0.5, 0.6) is 0 Å². The zero-order valence-electron chi connectivity index (χ0n) is 8.09. The van der Waals surface area contributed by atoms with E-state index in [-0.39, 0.29) is 18.2 Å². The van der Waals surface area contributed by atoms with Crippen molar-refractivity contribution in [2.75, 3.05) is 5.32 Å². The van der Waals surface area contributed by atoms with Crippen LogP contribution in [0.4, 0.5) is 5.69 Å². The average molecular weight is 304 g/mol. The molecule has 1 fully saturated rings. The van der Waals surface area contributed by atoms with Crippen LogP contribution in [0, 0.1) is 0 Å². The summed E-state index contributed by atoms with van der Waals surface area (Å²) in [4.78, 5) is 22.3. The quantitative estimate of drug-likeness (QED) is 0.821. The van der Waals surface area contributed by atoms with Gasteiger partial charge in [0.05, 0.1) is 11.4 Å². The lowest BCUT2D eigenvalue weighted by atomic mass is 10.2. The second-order valence-electron chi connectivity index (χ2n) is 3.44. The normalized spacial score (nSPS) is 19.8. The topological polar surface area (TPSA) is 58.2 Å². The molecule has 0 aliphatic carbocycles. The summed E-state index contributed by atoms with van der Waals surface area (Å²) in [7, 11) is 0. The minimum atomic E-state index is -0.509. The van der Waals surface area contributed by atoms with Gasteiger partial charge in [0.1, 0.15) is 6.04 Å². The summed E-state index contributed by atoms with van der Waals surface area (Å²) in [6.45, 7) is 0. The van der Waals surface area contributed by atoms with E-state index in [0.717, 1.165) is 4.47 Å². The van der Waals surface area contributed by atoms with Crippen molar-refractivity contribution >= 4 is 45.0 Å². The lowest BCUT2D eigenvalue weighted by Gasteiger charge is -2.11. The standard InChI is InChI=1S/C10H8BrClN2O2/c11-6-2-1-5(3-7(6)12)13-8-4-9(15)14-10(8)16/h1-3,8,13H,4H2,(H,14,15,16). The first-order valence-electron chi connectivity index (χ1n) is 4.61. The van der Waals surface area contributed by atoms with Crippen molar-refractivity contribution in [2.24, 2.45) is 0 Å². The Labute approximate surface area is 105 Å². The molecule has 2 amide bonds. The number of carbonyl (C=O) groups is 2. The molecule has 84 valence electrons. The molecule has 2 N–H and O–H groups in total. The van der Waals surface area contributed by atoms with E-state index in [0.29, 0.717) is 10.7 Å². The third kappa shape index (κ3) is 2.36. The maximum absolute atomic E-state index is 11.3. The van der Waals surface area contributed by atoms with Crippen LogP contribution in [0.1, 0.15) is 6.42 Å². The van der Waals surface area contributed by atoms with Gasteiger partial charge >= 0.3 is 0 Å². The highest BCUT2D eigenvalue weighted by Crippen LogP contribution is 2.26. The van der Waals surface area contributed by atoms with Gasteiger partial charge in [-0.1, -0.05) is 11.6 Å². The first-order chi connectivity index (χ1) is 7.56.